The van der Waals surface area contributed by atoms with Gasteiger partial charge in [0.25, 0.3) is 10.0 Å². The fraction of sp³-hybridized carbons (Fsp3) is 0.269. The Morgan fingerprint density at radius 2 is 1.89 bits per heavy atom. The number of nitrogens with two attached hydrogens (primary N) is 1. The van der Waals surface area contributed by atoms with E-state index in [2.05, 4.69) is 34.1 Å². The molecule has 9 nitrogen and oxygen atoms in total. The highest BCUT2D eigenvalue weighted by Crippen LogP contribution is 2.26. The van der Waals surface area contributed by atoms with Crippen molar-refractivity contribution < 1.29 is 18.3 Å². The summed E-state index contributed by atoms with van der Waals surface area (Å²) in [6.45, 7) is 5.46. The molecule has 190 valence electrons. The number of hydrogen-bond donors (Lipinski definition) is 5. The Balaban J connectivity index is 1.27. The number of hydrogen-bond acceptors (Lipinski definition) is 7. The summed E-state index contributed by atoms with van der Waals surface area (Å²) in [6.07, 6.45) is -0.823. The predicted octanol–water partition coefficient (Wildman–Crippen LogP) is 3.77. The van der Waals surface area contributed by atoms with Gasteiger partial charge in [-0.25, -0.2) is 8.42 Å². The topological polar surface area (TPSA) is 142 Å². The molecule has 0 aliphatic carbocycles. The molecule has 0 fully saturated rings. The van der Waals surface area contributed by atoms with Crippen molar-refractivity contribution in [3.8, 4) is 5.75 Å². The monoisotopic (exact) mass is 509 g/mol. The van der Waals surface area contributed by atoms with Crippen molar-refractivity contribution in [2.75, 3.05) is 30.2 Å². The molecule has 10 heteroatoms. The first-order valence-corrected chi connectivity index (χ1v) is 13.2. The van der Waals surface area contributed by atoms with Gasteiger partial charge in [0, 0.05) is 41.6 Å². The first kappa shape index (κ1) is 25.5. The number of aliphatic hydroxyl groups is 1. The molecule has 0 bridgehead atoms. The minimum atomic E-state index is -3.80. The number of aromatic amines is 1. The van der Waals surface area contributed by atoms with E-state index in [1.54, 1.807) is 36.4 Å². The van der Waals surface area contributed by atoms with Crippen molar-refractivity contribution in [2.24, 2.45) is 0 Å². The maximum atomic E-state index is 12.6. The van der Waals surface area contributed by atoms with Crippen LogP contribution in [-0.4, -0.2) is 43.4 Å². The molecule has 1 atom stereocenters. The Morgan fingerprint density at radius 3 is 2.67 bits per heavy atom. The third-order valence-corrected chi connectivity index (χ3v) is 7.09. The van der Waals surface area contributed by atoms with Gasteiger partial charge in [0.05, 0.1) is 16.5 Å². The molecule has 4 rings (SSSR count). The van der Waals surface area contributed by atoms with Crippen LogP contribution in [0, 0.1) is 0 Å². The van der Waals surface area contributed by atoms with Gasteiger partial charge in [-0.1, -0.05) is 32.0 Å². The van der Waals surface area contributed by atoms with Gasteiger partial charge in [-0.15, -0.1) is 0 Å². The number of anilines is 2. The highest BCUT2D eigenvalue weighted by Gasteiger charge is 2.16. The smallest absolute Gasteiger partial charge is 0.261 e. The summed E-state index contributed by atoms with van der Waals surface area (Å²) in [7, 11) is -3.80. The fourth-order valence-corrected chi connectivity index (χ4v) is 4.95. The Kier molecular flexibility index (Phi) is 7.78. The number of nitrogens with one attached hydrogen (secondary N) is 3. The van der Waals surface area contributed by atoms with Crippen molar-refractivity contribution in [1.29, 1.82) is 0 Å². The van der Waals surface area contributed by atoms with Crippen molar-refractivity contribution >= 4 is 32.3 Å². The maximum absolute atomic E-state index is 12.6. The summed E-state index contributed by atoms with van der Waals surface area (Å²) in [5, 5.41) is 22.3. The van der Waals surface area contributed by atoms with Gasteiger partial charge in [0.2, 0.25) is 0 Å². The first-order chi connectivity index (χ1) is 17.2. The lowest BCUT2D eigenvalue weighted by molar-refractivity contribution is 0.172. The zero-order chi connectivity index (χ0) is 25.7. The van der Waals surface area contributed by atoms with Crippen LogP contribution >= 0.6 is 0 Å². The van der Waals surface area contributed by atoms with Gasteiger partial charge in [0.1, 0.15) is 12.4 Å². The standard InChI is InChI=1S/C26H31N5O4S/c1-17(2)26-23-10-9-21(15-24(23)29-30-26)35-12-11-28-16-25(32)18-5-3-7-20(13-18)31-36(33,34)22-8-4-6-19(27)14-22/h3-10,13-15,17,25,28,31-32H,11-12,16,27H2,1-2H3,(H,29,30). The van der Waals surface area contributed by atoms with E-state index in [1.165, 1.54) is 12.1 Å². The van der Waals surface area contributed by atoms with E-state index < -0.39 is 16.1 Å². The molecular weight excluding hydrogens is 478 g/mol. The van der Waals surface area contributed by atoms with E-state index in [0.29, 0.717) is 36.0 Å². The van der Waals surface area contributed by atoms with Gasteiger partial charge in [-0.3, -0.25) is 9.82 Å². The second-order valence-corrected chi connectivity index (χ2v) is 10.5. The second-order valence-electron chi connectivity index (χ2n) is 8.84. The Morgan fingerprint density at radius 1 is 1.08 bits per heavy atom. The number of rotatable bonds is 11. The average molecular weight is 510 g/mol. The third kappa shape index (κ3) is 6.14. The van der Waals surface area contributed by atoms with Gasteiger partial charge in [-0.05, 0) is 53.9 Å². The molecule has 0 aliphatic heterocycles. The third-order valence-electron chi connectivity index (χ3n) is 5.71. The fourth-order valence-electron chi connectivity index (χ4n) is 3.85. The SMILES string of the molecule is CC(C)c1[nH]nc2cc(OCCNCC(O)c3cccc(NS(=O)(=O)c4cccc(N)c4)c3)ccc12. The molecule has 0 amide bonds. The highest BCUT2D eigenvalue weighted by atomic mass is 32.2. The maximum Gasteiger partial charge on any atom is 0.261 e. The molecular formula is C26H31N5O4S. The van der Waals surface area contributed by atoms with E-state index in [4.69, 9.17) is 10.5 Å². The van der Waals surface area contributed by atoms with E-state index in [0.717, 1.165) is 22.3 Å². The number of H-pyrrole nitrogens is 1. The van der Waals surface area contributed by atoms with Crippen molar-refractivity contribution in [3.63, 3.8) is 0 Å². The van der Waals surface area contributed by atoms with Crippen LogP contribution < -0.4 is 20.5 Å². The lowest BCUT2D eigenvalue weighted by Crippen LogP contribution is -2.26. The number of fused-ring (bicyclic) bond motifs is 1. The van der Waals surface area contributed by atoms with Gasteiger partial charge in [0.15, 0.2) is 0 Å². The van der Waals surface area contributed by atoms with Gasteiger partial charge < -0.3 is 20.9 Å². The van der Waals surface area contributed by atoms with E-state index in [1.807, 2.05) is 18.2 Å². The molecule has 0 saturated heterocycles. The lowest BCUT2D eigenvalue weighted by atomic mass is 10.1. The molecule has 0 spiro atoms. The quantitative estimate of drug-likeness (QED) is 0.153. The van der Waals surface area contributed by atoms with Crippen LogP contribution in [0.5, 0.6) is 5.75 Å². The Hall–Kier alpha value is -3.60. The number of benzene rings is 3. The molecule has 1 heterocycles. The van der Waals surface area contributed by atoms with Gasteiger partial charge in [-0.2, -0.15) is 5.10 Å². The molecule has 1 unspecified atom stereocenters. The number of sulfonamides is 1. The number of nitrogens with zero attached hydrogens (tertiary/aromatic N) is 1. The molecule has 1 aromatic heterocycles. The zero-order valence-electron chi connectivity index (χ0n) is 20.2. The summed E-state index contributed by atoms with van der Waals surface area (Å²) >= 11 is 0. The summed E-state index contributed by atoms with van der Waals surface area (Å²) in [6, 6.07) is 18.6. The van der Waals surface area contributed by atoms with Gasteiger partial charge >= 0.3 is 0 Å². The molecule has 0 aliphatic rings. The summed E-state index contributed by atoms with van der Waals surface area (Å²) in [5.41, 5.74) is 8.97. The number of aromatic nitrogens is 2. The van der Waals surface area contributed by atoms with Crippen LogP contribution in [0.3, 0.4) is 0 Å². The number of aliphatic hydroxyl groups excluding tert-OH is 1. The second kappa shape index (κ2) is 11.0. The van der Waals surface area contributed by atoms with Crippen molar-refractivity contribution in [3.05, 3.63) is 78.0 Å². The molecule has 36 heavy (non-hydrogen) atoms. The normalized spacial score (nSPS) is 12.7. The zero-order valence-corrected chi connectivity index (χ0v) is 21.0. The lowest BCUT2D eigenvalue weighted by Gasteiger charge is -2.15. The first-order valence-electron chi connectivity index (χ1n) is 11.7. The van der Waals surface area contributed by atoms with Crippen LogP contribution in [0.15, 0.2) is 71.6 Å². The molecule has 4 aromatic rings. The average Bonchev–Trinajstić information content (AvgIpc) is 3.27. The minimum absolute atomic E-state index is 0.0712. The van der Waals surface area contributed by atoms with Crippen LogP contribution in [0.2, 0.25) is 0 Å². The summed E-state index contributed by atoms with van der Waals surface area (Å²) in [4.78, 5) is 0.0712. The summed E-state index contributed by atoms with van der Waals surface area (Å²) in [5.74, 6) is 1.09. The largest absolute Gasteiger partial charge is 0.492 e. The molecule has 0 radical (unpaired) electrons. The van der Waals surface area contributed by atoms with Crippen LogP contribution in [-0.2, 0) is 10.0 Å². The van der Waals surface area contributed by atoms with E-state index in [9.17, 15) is 13.5 Å². The van der Waals surface area contributed by atoms with Crippen LogP contribution in [0.4, 0.5) is 11.4 Å². The number of ether oxygens (including phenoxy) is 1. The van der Waals surface area contributed by atoms with Crippen LogP contribution in [0.25, 0.3) is 10.9 Å². The van der Waals surface area contributed by atoms with E-state index in [-0.39, 0.29) is 11.4 Å². The van der Waals surface area contributed by atoms with Crippen LogP contribution in [0.1, 0.15) is 37.1 Å². The number of nitrogen functional groups attached to an aromatic ring is 1. The minimum Gasteiger partial charge on any atom is -0.492 e. The van der Waals surface area contributed by atoms with Crippen molar-refractivity contribution in [2.45, 2.75) is 30.8 Å². The van der Waals surface area contributed by atoms with Crippen molar-refractivity contribution in [1.82, 2.24) is 15.5 Å². The highest BCUT2D eigenvalue weighted by molar-refractivity contribution is 7.92. The molecule has 0 saturated carbocycles. The molecule has 3 aromatic carbocycles. The predicted molar refractivity (Wildman–Crippen MR) is 142 cm³/mol. The Labute approximate surface area is 210 Å². The molecule has 6 N–H and O–H groups in total. The van der Waals surface area contributed by atoms with E-state index >= 15 is 0 Å². The summed E-state index contributed by atoms with van der Waals surface area (Å²) < 4.78 is 33.6. The Bertz CT molecular complexity index is 1440.